The van der Waals surface area contributed by atoms with Gasteiger partial charge >= 0.3 is 0 Å². The molecule has 0 atom stereocenters. The van der Waals surface area contributed by atoms with Crippen LogP contribution < -0.4 is 0 Å². The Morgan fingerprint density at radius 3 is 2.00 bits per heavy atom. The van der Waals surface area contributed by atoms with E-state index >= 15 is 0 Å². The van der Waals surface area contributed by atoms with Gasteiger partial charge in [0.05, 0.1) is 0 Å². The third-order valence-corrected chi connectivity index (χ3v) is 3.49. The highest BCUT2D eigenvalue weighted by Crippen LogP contribution is 2.10. The minimum absolute atomic E-state index is 0.351. The van der Waals surface area contributed by atoms with Crippen molar-refractivity contribution in [2.45, 2.75) is 58.3 Å². The van der Waals surface area contributed by atoms with Gasteiger partial charge in [0.25, 0.3) is 0 Å². The lowest BCUT2D eigenvalue weighted by Gasteiger charge is -2.01. The Hall–Kier alpha value is 0.310. The normalized spacial score (nSPS) is 10.7. The second kappa shape index (κ2) is 13.3. The van der Waals surface area contributed by atoms with Crippen LogP contribution in [0.1, 0.15) is 58.3 Å². The molecule has 0 aliphatic carbocycles. The molecular formula is C12H26OS. The maximum atomic E-state index is 8.58. The van der Waals surface area contributed by atoms with E-state index in [0.717, 1.165) is 12.2 Å². The fourth-order valence-corrected chi connectivity index (χ4v) is 2.38. The monoisotopic (exact) mass is 218 g/mol. The van der Waals surface area contributed by atoms with Crippen molar-refractivity contribution in [3.8, 4) is 0 Å². The van der Waals surface area contributed by atoms with Crippen LogP contribution >= 0.6 is 11.8 Å². The summed E-state index contributed by atoms with van der Waals surface area (Å²) in [4.78, 5) is 0. The molecule has 0 rings (SSSR count). The van der Waals surface area contributed by atoms with Crippen molar-refractivity contribution >= 4 is 11.8 Å². The Morgan fingerprint density at radius 2 is 1.36 bits per heavy atom. The van der Waals surface area contributed by atoms with Crippen LogP contribution in [0, 0.1) is 0 Å². The highest BCUT2D eigenvalue weighted by Gasteiger charge is 1.91. The summed E-state index contributed by atoms with van der Waals surface area (Å²) in [6.45, 7) is 2.61. The van der Waals surface area contributed by atoms with Crippen LogP contribution in [0.3, 0.4) is 0 Å². The maximum absolute atomic E-state index is 8.58. The summed E-state index contributed by atoms with van der Waals surface area (Å²) in [6, 6.07) is 0. The van der Waals surface area contributed by atoms with E-state index in [1.54, 1.807) is 0 Å². The van der Waals surface area contributed by atoms with Crippen LogP contribution in [-0.2, 0) is 0 Å². The van der Waals surface area contributed by atoms with Crippen molar-refractivity contribution in [1.29, 1.82) is 0 Å². The Bertz CT molecular complexity index is 84.3. The van der Waals surface area contributed by atoms with Gasteiger partial charge in [-0.3, -0.25) is 0 Å². The molecule has 0 heterocycles. The zero-order valence-corrected chi connectivity index (χ0v) is 10.5. The van der Waals surface area contributed by atoms with E-state index in [1.807, 2.05) is 11.8 Å². The van der Waals surface area contributed by atoms with Crippen molar-refractivity contribution in [1.82, 2.24) is 0 Å². The molecule has 0 aromatic carbocycles. The number of hydrogen-bond donors (Lipinski definition) is 1. The van der Waals surface area contributed by atoms with Gasteiger partial charge in [0.15, 0.2) is 0 Å². The molecule has 0 amide bonds. The van der Waals surface area contributed by atoms with Gasteiger partial charge in [-0.2, -0.15) is 11.8 Å². The molecule has 0 radical (unpaired) electrons. The van der Waals surface area contributed by atoms with E-state index in [1.165, 1.54) is 50.7 Å². The molecule has 86 valence electrons. The van der Waals surface area contributed by atoms with E-state index in [-0.39, 0.29) is 0 Å². The molecule has 2 heteroatoms. The summed E-state index contributed by atoms with van der Waals surface area (Å²) in [6.07, 6.45) is 10.7. The van der Waals surface area contributed by atoms with Gasteiger partial charge in [0, 0.05) is 6.61 Å². The number of unbranched alkanes of at least 4 members (excludes halogenated alkanes) is 6. The van der Waals surface area contributed by atoms with Crippen molar-refractivity contribution < 1.29 is 5.11 Å². The van der Waals surface area contributed by atoms with Crippen LogP contribution in [-0.4, -0.2) is 23.2 Å². The van der Waals surface area contributed by atoms with Crippen molar-refractivity contribution in [2.24, 2.45) is 0 Å². The molecule has 1 N–H and O–H groups in total. The molecule has 14 heavy (non-hydrogen) atoms. The van der Waals surface area contributed by atoms with Crippen LogP contribution in [0.15, 0.2) is 0 Å². The molecule has 0 aliphatic rings. The van der Waals surface area contributed by atoms with E-state index < -0.39 is 0 Å². The first-order chi connectivity index (χ1) is 6.91. The molecule has 0 fully saturated rings. The second-order valence-electron chi connectivity index (χ2n) is 3.81. The molecule has 0 saturated carbocycles. The first-order valence-electron chi connectivity index (χ1n) is 6.10. The molecule has 0 aromatic rings. The van der Waals surface area contributed by atoms with E-state index in [0.29, 0.717) is 6.61 Å². The fraction of sp³-hybridized carbons (Fsp3) is 1.00. The number of aliphatic hydroxyl groups excluding tert-OH is 1. The molecule has 0 aliphatic heterocycles. The largest absolute Gasteiger partial charge is 0.396 e. The lowest BCUT2D eigenvalue weighted by Crippen LogP contribution is -1.88. The van der Waals surface area contributed by atoms with Crippen LogP contribution in [0.25, 0.3) is 0 Å². The fourth-order valence-electron chi connectivity index (χ4n) is 1.43. The summed E-state index contributed by atoms with van der Waals surface area (Å²) < 4.78 is 0. The molecule has 0 spiro atoms. The third kappa shape index (κ3) is 12.3. The van der Waals surface area contributed by atoms with Crippen molar-refractivity contribution in [3.05, 3.63) is 0 Å². The Balaban J connectivity index is 2.78. The number of rotatable bonds is 11. The molecule has 0 aromatic heterocycles. The summed E-state index contributed by atoms with van der Waals surface area (Å²) in [7, 11) is 0. The van der Waals surface area contributed by atoms with Crippen LogP contribution in [0.5, 0.6) is 0 Å². The first kappa shape index (κ1) is 14.3. The summed E-state index contributed by atoms with van der Waals surface area (Å²) >= 11 is 1.99. The van der Waals surface area contributed by atoms with E-state index in [4.69, 9.17) is 5.11 Å². The minimum atomic E-state index is 0.351. The molecular weight excluding hydrogens is 192 g/mol. The van der Waals surface area contributed by atoms with Gasteiger partial charge < -0.3 is 5.11 Å². The average Bonchev–Trinajstić information content (AvgIpc) is 2.21. The lowest BCUT2D eigenvalue weighted by molar-refractivity contribution is 0.296. The van der Waals surface area contributed by atoms with Gasteiger partial charge in [0.1, 0.15) is 0 Å². The quantitative estimate of drug-likeness (QED) is 0.532. The Morgan fingerprint density at radius 1 is 0.786 bits per heavy atom. The van der Waals surface area contributed by atoms with Gasteiger partial charge in [-0.25, -0.2) is 0 Å². The van der Waals surface area contributed by atoms with E-state index in [2.05, 4.69) is 6.92 Å². The molecule has 0 bridgehead atoms. The number of hydrogen-bond acceptors (Lipinski definition) is 2. The molecule has 0 unspecified atom stereocenters. The Labute approximate surface area is 93.7 Å². The van der Waals surface area contributed by atoms with Gasteiger partial charge in [-0.1, -0.05) is 45.4 Å². The first-order valence-corrected chi connectivity index (χ1v) is 7.26. The standard InChI is InChI=1S/C12H26OS/c1-2-3-4-5-6-7-8-11-14-12-9-10-13/h13H,2-12H2,1H3. The van der Waals surface area contributed by atoms with Crippen molar-refractivity contribution in [2.75, 3.05) is 18.1 Å². The maximum Gasteiger partial charge on any atom is 0.0438 e. The van der Waals surface area contributed by atoms with Gasteiger partial charge in [-0.05, 0) is 24.3 Å². The molecule has 0 saturated heterocycles. The highest BCUT2D eigenvalue weighted by atomic mass is 32.2. The zero-order valence-electron chi connectivity index (χ0n) is 9.63. The van der Waals surface area contributed by atoms with Gasteiger partial charge in [0.2, 0.25) is 0 Å². The van der Waals surface area contributed by atoms with Crippen LogP contribution in [0.4, 0.5) is 0 Å². The summed E-state index contributed by atoms with van der Waals surface area (Å²) in [5.74, 6) is 2.42. The third-order valence-electron chi connectivity index (χ3n) is 2.34. The zero-order chi connectivity index (χ0) is 10.5. The summed E-state index contributed by atoms with van der Waals surface area (Å²) in [5, 5.41) is 8.58. The minimum Gasteiger partial charge on any atom is -0.396 e. The van der Waals surface area contributed by atoms with Crippen LogP contribution in [0.2, 0.25) is 0 Å². The lowest BCUT2D eigenvalue weighted by atomic mass is 10.1. The highest BCUT2D eigenvalue weighted by molar-refractivity contribution is 7.99. The predicted molar refractivity (Wildman–Crippen MR) is 67.0 cm³/mol. The van der Waals surface area contributed by atoms with E-state index in [9.17, 15) is 0 Å². The smallest absolute Gasteiger partial charge is 0.0438 e. The second-order valence-corrected chi connectivity index (χ2v) is 5.04. The molecule has 1 nitrogen and oxygen atoms in total. The van der Waals surface area contributed by atoms with Crippen molar-refractivity contribution in [3.63, 3.8) is 0 Å². The summed E-state index contributed by atoms with van der Waals surface area (Å²) in [5.41, 5.74) is 0. The Kier molecular flexibility index (Phi) is 13.6. The average molecular weight is 218 g/mol. The van der Waals surface area contributed by atoms with Gasteiger partial charge in [-0.15, -0.1) is 0 Å². The number of thioether (sulfide) groups is 1. The SMILES string of the molecule is CCCCCCCCCSCCCO. The number of aliphatic hydroxyl groups is 1. The predicted octanol–water partition coefficient (Wildman–Crippen LogP) is 3.85. The topological polar surface area (TPSA) is 20.2 Å².